The molecule has 1 amide bonds. The number of H-pyrrole nitrogens is 1. The Bertz CT molecular complexity index is 728. The molecule has 2 N–H and O–H groups in total. The molecule has 0 saturated heterocycles. The van der Waals surface area contributed by atoms with Gasteiger partial charge in [0.2, 0.25) is 5.91 Å². The number of nitrogens with zero attached hydrogens (tertiary/aromatic N) is 2. The average Bonchev–Trinajstić information content (AvgIpc) is 2.66. The number of carbonyl (C=O) groups is 1. The van der Waals surface area contributed by atoms with Gasteiger partial charge >= 0.3 is 0 Å². The second-order valence-corrected chi connectivity index (χ2v) is 5.30. The number of carbonyl (C=O) groups excluding carboxylic acids is 1. The first-order valence-corrected chi connectivity index (χ1v) is 6.84. The first-order valence-electron chi connectivity index (χ1n) is 6.84. The molecule has 21 heavy (non-hydrogen) atoms. The predicted molar refractivity (Wildman–Crippen MR) is 80.1 cm³/mol. The number of aryl methyl sites for hydroxylation is 4. The van der Waals surface area contributed by atoms with E-state index in [0.717, 1.165) is 22.6 Å². The highest BCUT2D eigenvalue weighted by molar-refractivity contribution is 5.75. The summed E-state index contributed by atoms with van der Waals surface area (Å²) in [5, 5.41) is 7.01. The lowest BCUT2D eigenvalue weighted by Gasteiger charge is -2.09. The molecule has 0 aromatic carbocycles. The van der Waals surface area contributed by atoms with E-state index in [1.807, 2.05) is 39.8 Å². The molecular formula is C15H20N4O2. The molecule has 0 aliphatic rings. The summed E-state index contributed by atoms with van der Waals surface area (Å²) >= 11 is 0. The Morgan fingerprint density at radius 3 is 2.57 bits per heavy atom. The maximum absolute atomic E-state index is 12.0. The van der Waals surface area contributed by atoms with Crippen LogP contribution in [0.4, 0.5) is 0 Å². The summed E-state index contributed by atoms with van der Waals surface area (Å²) in [5.41, 5.74) is 3.94. The lowest BCUT2D eigenvalue weighted by atomic mass is 10.1. The molecule has 0 spiro atoms. The number of aromatic amines is 1. The third kappa shape index (κ3) is 3.59. The second kappa shape index (κ2) is 5.95. The zero-order valence-corrected chi connectivity index (χ0v) is 12.8. The van der Waals surface area contributed by atoms with Gasteiger partial charge in [-0.25, -0.2) is 0 Å². The smallest absolute Gasteiger partial charge is 0.253 e. The van der Waals surface area contributed by atoms with Gasteiger partial charge in [-0.2, -0.15) is 5.10 Å². The summed E-state index contributed by atoms with van der Waals surface area (Å²) in [6.45, 7) is 7.87. The number of hydrogen-bond donors (Lipinski definition) is 2. The molecule has 0 saturated carbocycles. The molecule has 0 unspecified atom stereocenters. The third-order valence-corrected chi connectivity index (χ3v) is 3.35. The molecule has 0 atom stereocenters. The Labute approximate surface area is 123 Å². The molecule has 0 bridgehead atoms. The van der Waals surface area contributed by atoms with Crippen molar-refractivity contribution in [1.82, 2.24) is 20.1 Å². The largest absolute Gasteiger partial charge is 0.350 e. The molecule has 6 nitrogen and oxygen atoms in total. The minimum atomic E-state index is -0.166. The first-order chi connectivity index (χ1) is 9.86. The Hall–Kier alpha value is -2.37. The van der Waals surface area contributed by atoms with E-state index in [2.05, 4.69) is 15.4 Å². The van der Waals surface area contributed by atoms with Gasteiger partial charge in [0.15, 0.2) is 0 Å². The van der Waals surface area contributed by atoms with Crippen molar-refractivity contribution < 1.29 is 4.79 Å². The maximum Gasteiger partial charge on any atom is 0.253 e. The van der Waals surface area contributed by atoms with Gasteiger partial charge in [-0.3, -0.25) is 14.3 Å². The minimum Gasteiger partial charge on any atom is -0.350 e. The molecule has 112 valence electrons. The van der Waals surface area contributed by atoms with Gasteiger partial charge in [-0.05, 0) is 45.4 Å². The molecule has 2 aromatic rings. The van der Waals surface area contributed by atoms with Crippen LogP contribution < -0.4 is 10.9 Å². The van der Waals surface area contributed by atoms with Gasteiger partial charge in [0.05, 0.1) is 5.69 Å². The summed E-state index contributed by atoms with van der Waals surface area (Å²) in [6, 6.07) is 3.81. The minimum absolute atomic E-state index is 0.154. The summed E-state index contributed by atoms with van der Waals surface area (Å²) in [7, 11) is 0. The summed E-state index contributed by atoms with van der Waals surface area (Å²) in [5.74, 6) is -0.166. The van der Waals surface area contributed by atoms with Crippen LogP contribution in [0.15, 0.2) is 16.9 Å². The Morgan fingerprint density at radius 2 is 2.00 bits per heavy atom. The van der Waals surface area contributed by atoms with Gasteiger partial charge in [0, 0.05) is 23.5 Å². The Kier molecular flexibility index (Phi) is 4.26. The van der Waals surface area contributed by atoms with Crippen LogP contribution in [0.3, 0.4) is 0 Å². The summed E-state index contributed by atoms with van der Waals surface area (Å²) in [6.07, 6.45) is 0. The predicted octanol–water partition coefficient (Wildman–Crippen LogP) is 1.12. The van der Waals surface area contributed by atoms with E-state index in [1.54, 1.807) is 4.68 Å². The molecule has 2 aromatic heterocycles. The number of hydrogen-bond acceptors (Lipinski definition) is 3. The van der Waals surface area contributed by atoms with E-state index in [0.29, 0.717) is 5.56 Å². The summed E-state index contributed by atoms with van der Waals surface area (Å²) in [4.78, 5) is 26.6. The quantitative estimate of drug-likeness (QED) is 0.885. The van der Waals surface area contributed by atoms with Crippen molar-refractivity contribution in [2.45, 2.75) is 40.8 Å². The molecule has 0 aliphatic carbocycles. The van der Waals surface area contributed by atoms with Crippen LogP contribution in [0, 0.1) is 27.7 Å². The van der Waals surface area contributed by atoms with Gasteiger partial charge < -0.3 is 10.3 Å². The van der Waals surface area contributed by atoms with Gasteiger partial charge in [0.25, 0.3) is 5.56 Å². The highest BCUT2D eigenvalue weighted by Gasteiger charge is 2.09. The van der Waals surface area contributed by atoms with Gasteiger partial charge in [0.1, 0.15) is 6.54 Å². The lowest BCUT2D eigenvalue weighted by molar-refractivity contribution is -0.122. The number of aromatic nitrogens is 3. The van der Waals surface area contributed by atoms with E-state index in [-0.39, 0.29) is 24.6 Å². The van der Waals surface area contributed by atoms with Gasteiger partial charge in [-0.1, -0.05) is 0 Å². The van der Waals surface area contributed by atoms with Crippen LogP contribution in [0.25, 0.3) is 0 Å². The fraction of sp³-hybridized carbons (Fsp3) is 0.400. The number of pyridine rings is 1. The van der Waals surface area contributed by atoms with E-state index in [1.165, 1.54) is 0 Å². The van der Waals surface area contributed by atoms with Crippen LogP contribution in [-0.4, -0.2) is 20.7 Å². The normalized spacial score (nSPS) is 10.7. The fourth-order valence-corrected chi connectivity index (χ4v) is 2.32. The maximum atomic E-state index is 12.0. The summed E-state index contributed by atoms with van der Waals surface area (Å²) < 4.78 is 1.65. The van der Waals surface area contributed by atoms with E-state index in [9.17, 15) is 9.59 Å². The SMILES string of the molecule is Cc1cc(C)n(CC(=O)NCc2c(C)cc(C)[nH]c2=O)n1. The van der Waals surface area contributed by atoms with Crippen molar-refractivity contribution in [2.75, 3.05) is 0 Å². The van der Waals surface area contributed by atoms with E-state index >= 15 is 0 Å². The zero-order chi connectivity index (χ0) is 15.6. The zero-order valence-electron chi connectivity index (χ0n) is 12.8. The molecule has 2 rings (SSSR count). The highest BCUT2D eigenvalue weighted by atomic mass is 16.2. The topological polar surface area (TPSA) is 79.8 Å². The molecular weight excluding hydrogens is 268 g/mol. The van der Waals surface area contributed by atoms with E-state index in [4.69, 9.17) is 0 Å². The van der Waals surface area contributed by atoms with Crippen molar-refractivity contribution >= 4 is 5.91 Å². The van der Waals surface area contributed by atoms with Crippen LogP contribution >= 0.6 is 0 Å². The monoisotopic (exact) mass is 288 g/mol. The standard InChI is InChI=1S/C15H20N4O2/c1-9-5-10(2)17-15(21)13(9)7-16-14(20)8-19-12(4)6-11(3)18-19/h5-6H,7-8H2,1-4H3,(H,16,20)(H,17,21). The molecule has 0 fully saturated rings. The third-order valence-electron chi connectivity index (χ3n) is 3.35. The van der Waals surface area contributed by atoms with Crippen LogP contribution in [-0.2, 0) is 17.9 Å². The molecule has 2 heterocycles. The highest BCUT2D eigenvalue weighted by Crippen LogP contribution is 2.04. The Morgan fingerprint density at radius 1 is 1.29 bits per heavy atom. The van der Waals surface area contributed by atoms with Crippen LogP contribution in [0.2, 0.25) is 0 Å². The van der Waals surface area contributed by atoms with E-state index < -0.39 is 0 Å². The lowest BCUT2D eigenvalue weighted by Crippen LogP contribution is -2.31. The Balaban J connectivity index is 2.02. The second-order valence-electron chi connectivity index (χ2n) is 5.30. The molecule has 6 heteroatoms. The molecule has 0 aliphatic heterocycles. The van der Waals surface area contributed by atoms with Crippen molar-refractivity contribution in [3.8, 4) is 0 Å². The van der Waals surface area contributed by atoms with Crippen LogP contribution in [0.5, 0.6) is 0 Å². The number of rotatable bonds is 4. The fourth-order valence-electron chi connectivity index (χ4n) is 2.32. The van der Waals surface area contributed by atoms with Crippen LogP contribution in [0.1, 0.15) is 28.2 Å². The van der Waals surface area contributed by atoms with Crippen molar-refractivity contribution in [3.63, 3.8) is 0 Å². The first kappa shape index (κ1) is 15.0. The van der Waals surface area contributed by atoms with Crippen molar-refractivity contribution in [1.29, 1.82) is 0 Å². The molecule has 0 radical (unpaired) electrons. The van der Waals surface area contributed by atoms with Gasteiger partial charge in [-0.15, -0.1) is 0 Å². The van der Waals surface area contributed by atoms with Crippen molar-refractivity contribution in [3.05, 3.63) is 50.7 Å². The number of nitrogens with one attached hydrogen (secondary N) is 2. The average molecular weight is 288 g/mol. The number of amides is 1. The van der Waals surface area contributed by atoms with Crippen molar-refractivity contribution in [2.24, 2.45) is 0 Å².